The average Bonchev–Trinajstić information content (AvgIpc) is 2.24. The minimum Gasteiger partial charge on any atom is -0.388 e. The van der Waals surface area contributed by atoms with E-state index in [1.54, 1.807) is 14.0 Å². The third kappa shape index (κ3) is 8.53. The summed E-state index contributed by atoms with van der Waals surface area (Å²) in [5.74, 6) is 0.374. The number of amides is 1. The zero-order valence-electron chi connectivity index (χ0n) is 9.65. The van der Waals surface area contributed by atoms with Gasteiger partial charge in [0.25, 0.3) is 0 Å². The molecule has 0 aromatic heterocycles. The Labute approximate surface area is 100 Å². The number of methoxy groups -OCH3 is 1. The maximum atomic E-state index is 11.3. The SMILES string of the molecule is COCCC(C)(O)CNC(=O)CSCC#N. The summed E-state index contributed by atoms with van der Waals surface area (Å²) < 4.78 is 4.85. The number of ether oxygens (including phenoxy) is 1. The highest BCUT2D eigenvalue weighted by Crippen LogP contribution is 2.07. The van der Waals surface area contributed by atoms with Gasteiger partial charge in [0.05, 0.1) is 23.2 Å². The van der Waals surface area contributed by atoms with Crippen LogP contribution < -0.4 is 5.32 Å². The van der Waals surface area contributed by atoms with Gasteiger partial charge in [-0.15, -0.1) is 11.8 Å². The van der Waals surface area contributed by atoms with Crippen LogP contribution in [0.25, 0.3) is 0 Å². The minimum atomic E-state index is -0.953. The van der Waals surface area contributed by atoms with E-state index in [1.165, 1.54) is 11.8 Å². The van der Waals surface area contributed by atoms with E-state index in [1.807, 2.05) is 6.07 Å². The van der Waals surface area contributed by atoms with Crippen molar-refractivity contribution in [1.29, 1.82) is 5.26 Å². The molecule has 0 spiro atoms. The van der Waals surface area contributed by atoms with Crippen LogP contribution >= 0.6 is 11.8 Å². The van der Waals surface area contributed by atoms with E-state index in [0.717, 1.165) is 0 Å². The van der Waals surface area contributed by atoms with Crippen molar-refractivity contribution in [2.45, 2.75) is 18.9 Å². The van der Waals surface area contributed by atoms with Gasteiger partial charge in [-0.25, -0.2) is 0 Å². The van der Waals surface area contributed by atoms with Crippen molar-refractivity contribution >= 4 is 17.7 Å². The summed E-state index contributed by atoms with van der Waals surface area (Å²) in [4.78, 5) is 11.3. The van der Waals surface area contributed by atoms with Gasteiger partial charge >= 0.3 is 0 Å². The standard InChI is InChI=1S/C10H18N2O3S/c1-10(14,3-5-15-2)8-12-9(13)7-16-6-4-11/h14H,3,5-8H2,1-2H3,(H,12,13). The zero-order chi connectivity index (χ0) is 12.4. The Morgan fingerprint density at radius 2 is 2.38 bits per heavy atom. The molecule has 6 heteroatoms. The Balaban J connectivity index is 3.69. The molecule has 0 rings (SSSR count). The summed E-state index contributed by atoms with van der Waals surface area (Å²) >= 11 is 1.25. The molecule has 1 unspecified atom stereocenters. The second-order valence-corrected chi connectivity index (χ2v) is 4.65. The number of nitriles is 1. The normalized spacial score (nSPS) is 13.9. The molecule has 0 bridgehead atoms. The smallest absolute Gasteiger partial charge is 0.230 e. The third-order valence-corrected chi connectivity index (χ3v) is 2.71. The molecule has 1 atom stereocenters. The van der Waals surface area contributed by atoms with Crippen LogP contribution in [0.4, 0.5) is 0 Å². The molecule has 5 nitrogen and oxygen atoms in total. The van der Waals surface area contributed by atoms with Crippen LogP contribution in [0.15, 0.2) is 0 Å². The van der Waals surface area contributed by atoms with Gasteiger partial charge in [0, 0.05) is 26.7 Å². The second-order valence-electron chi connectivity index (χ2n) is 3.67. The summed E-state index contributed by atoms with van der Waals surface area (Å²) in [6, 6.07) is 1.94. The number of carbonyl (C=O) groups is 1. The van der Waals surface area contributed by atoms with E-state index in [0.29, 0.717) is 18.8 Å². The number of nitrogens with zero attached hydrogens (tertiary/aromatic N) is 1. The molecule has 92 valence electrons. The van der Waals surface area contributed by atoms with Crippen molar-refractivity contribution < 1.29 is 14.6 Å². The molecular formula is C10H18N2O3S. The first-order valence-electron chi connectivity index (χ1n) is 4.94. The monoisotopic (exact) mass is 246 g/mol. The Morgan fingerprint density at radius 1 is 1.69 bits per heavy atom. The lowest BCUT2D eigenvalue weighted by atomic mass is 10.0. The Bertz CT molecular complexity index is 251. The lowest BCUT2D eigenvalue weighted by molar-refractivity contribution is -0.119. The van der Waals surface area contributed by atoms with Crippen LogP contribution in [0.5, 0.6) is 0 Å². The number of rotatable bonds is 8. The number of nitrogens with one attached hydrogen (secondary N) is 1. The molecule has 2 N–H and O–H groups in total. The molecule has 0 aromatic carbocycles. The fourth-order valence-electron chi connectivity index (χ4n) is 0.940. The van der Waals surface area contributed by atoms with E-state index in [-0.39, 0.29) is 18.2 Å². The van der Waals surface area contributed by atoms with Crippen molar-refractivity contribution in [1.82, 2.24) is 5.32 Å². The minimum absolute atomic E-state index is 0.169. The number of thioether (sulfide) groups is 1. The van der Waals surface area contributed by atoms with Crippen LogP contribution in [0, 0.1) is 11.3 Å². The molecule has 0 aliphatic rings. The van der Waals surface area contributed by atoms with Gasteiger partial charge in [-0.05, 0) is 6.92 Å². The molecule has 0 aliphatic heterocycles. The first-order chi connectivity index (χ1) is 7.52. The first-order valence-corrected chi connectivity index (χ1v) is 6.10. The van der Waals surface area contributed by atoms with E-state index in [2.05, 4.69) is 5.32 Å². The number of hydrogen-bond donors (Lipinski definition) is 2. The van der Waals surface area contributed by atoms with E-state index in [9.17, 15) is 9.90 Å². The largest absolute Gasteiger partial charge is 0.388 e. The van der Waals surface area contributed by atoms with E-state index >= 15 is 0 Å². The highest BCUT2D eigenvalue weighted by atomic mass is 32.2. The average molecular weight is 246 g/mol. The Hall–Kier alpha value is -0.770. The topological polar surface area (TPSA) is 82.3 Å². The molecule has 1 amide bonds. The maximum absolute atomic E-state index is 11.3. The lowest BCUT2D eigenvalue weighted by Gasteiger charge is -2.23. The van der Waals surface area contributed by atoms with Gasteiger partial charge in [-0.2, -0.15) is 5.26 Å². The van der Waals surface area contributed by atoms with Gasteiger partial charge in [0.15, 0.2) is 0 Å². The highest BCUT2D eigenvalue weighted by molar-refractivity contribution is 8.00. The summed E-state index contributed by atoms with van der Waals surface area (Å²) in [5.41, 5.74) is -0.953. The second kappa shape index (κ2) is 8.39. The highest BCUT2D eigenvalue weighted by Gasteiger charge is 2.20. The van der Waals surface area contributed by atoms with Gasteiger partial charge in [0.1, 0.15) is 0 Å². The predicted octanol–water partition coefficient (Wildman–Crippen LogP) is 0.147. The quantitative estimate of drug-likeness (QED) is 0.596. The van der Waals surface area contributed by atoms with Crippen LogP contribution in [-0.4, -0.2) is 48.4 Å². The first kappa shape index (κ1) is 15.2. The molecule has 0 aromatic rings. The molecule has 0 heterocycles. The van der Waals surface area contributed by atoms with E-state index < -0.39 is 5.60 Å². The fraction of sp³-hybridized carbons (Fsp3) is 0.800. The van der Waals surface area contributed by atoms with Gasteiger partial charge < -0.3 is 15.2 Å². The van der Waals surface area contributed by atoms with Crippen molar-refractivity contribution in [3.8, 4) is 6.07 Å². The van der Waals surface area contributed by atoms with Crippen LogP contribution in [-0.2, 0) is 9.53 Å². The van der Waals surface area contributed by atoms with Crippen molar-refractivity contribution in [2.24, 2.45) is 0 Å². The molecule has 16 heavy (non-hydrogen) atoms. The molecular weight excluding hydrogens is 228 g/mol. The summed E-state index contributed by atoms with van der Waals surface area (Å²) in [6.07, 6.45) is 0.467. The Morgan fingerprint density at radius 3 is 2.94 bits per heavy atom. The number of carbonyl (C=O) groups excluding carboxylic acids is 1. The van der Waals surface area contributed by atoms with Crippen molar-refractivity contribution in [2.75, 3.05) is 31.8 Å². The van der Waals surface area contributed by atoms with Crippen LogP contribution in [0.1, 0.15) is 13.3 Å². The van der Waals surface area contributed by atoms with Gasteiger partial charge in [-0.1, -0.05) is 0 Å². The molecule has 0 radical (unpaired) electrons. The third-order valence-electron chi connectivity index (χ3n) is 1.91. The molecule has 0 aliphatic carbocycles. The van der Waals surface area contributed by atoms with Crippen molar-refractivity contribution in [3.05, 3.63) is 0 Å². The van der Waals surface area contributed by atoms with Crippen LogP contribution in [0.3, 0.4) is 0 Å². The number of aliphatic hydroxyl groups is 1. The van der Waals surface area contributed by atoms with Crippen molar-refractivity contribution in [3.63, 3.8) is 0 Å². The zero-order valence-corrected chi connectivity index (χ0v) is 10.5. The van der Waals surface area contributed by atoms with Gasteiger partial charge in [-0.3, -0.25) is 4.79 Å². The Kier molecular flexibility index (Phi) is 7.99. The molecule has 0 fully saturated rings. The molecule has 0 saturated carbocycles. The van der Waals surface area contributed by atoms with E-state index in [4.69, 9.17) is 10.00 Å². The predicted molar refractivity (Wildman–Crippen MR) is 63.1 cm³/mol. The maximum Gasteiger partial charge on any atom is 0.230 e. The van der Waals surface area contributed by atoms with Crippen LogP contribution in [0.2, 0.25) is 0 Å². The summed E-state index contributed by atoms with van der Waals surface area (Å²) in [6.45, 7) is 2.29. The van der Waals surface area contributed by atoms with Gasteiger partial charge in [0.2, 0.25) is 5.91 Å². The molecule has 0 saturated heterocycles. The number of hydrogen-bond acceptors (Lipinski definition) is 5. The summed E-state index contributed by atoms with van der Waals surface area (Å²) in [7, 11) is 1.56. The lowest BCUT2D eigenvalue weighted by Crippen LogP contribution is -2.42. The summed E-state index contributed by atoms with van der Waals surface area (Å²) in [5, 5.41) is 20.7. The fourth-order valence-corrected chi connectivity index (χ4v) is 1.42.